The molecule has 0 spiro atoms. The van der Waals surface area contributed by atoms with E-state index in [0.717, 1.165) is 10.9 Å². The predicted octanol–water partition coefficient (Wildman–Crippen LogP) is 2.40. The molecule has 1 N–H and O–H groups in total. The molecule has 1 fully saturated rings. The SMILES string of the molecule is CN1CC(CCC(=O)Nc2cccc3cccnc23)OC1=O. The molecule has 0 radical (unpaired) electrons. The number of para-hydroxylation sites is 1. The standard InChI is InChI=1S/C16H17N3O3/c1-19-10-12(22-16(19)21)7-8-14(20)18-13-6-2-4-11-5-3-9-17-15(11)13/h2-6,9,12H,7-8,10H2,1H3,(H,18,20). The van der Waals surface area contributed by atoms with Crippen LogP contribution in [0.4, 0.5) is 10.5 Å². The number of pyridine rings is 1. The Hall–Kier alpha value is -2.63. The smallest absolute Gasteiger partial charge is 0.409 e. The van der Waals surface area contributed by atoms with E-state index >= 15 is 0 Å². The van der Waals surface area contributed by atoms with Gasteiger partial charge in [-0.25, -0.2) is 4.79 Å². The minimum absolute atomic E-state index is 0.108. The Bertz CT molecular complexity index is 711. The third-order valence-corrected chi connectivity index (χ3v) is 3.66. The van der Waals surface area contributed by atoms with E-state index in [4.69, 9.17) is 4.74 Å². The molecule has 0 aliphatic carbocycles. The molecule has 6 nitrogen and oxygen atoms in total. The van der Waals surface area contributed by atoms with Gasteiger partial charge in [-0.05, 0) is 18.6 Å². The van der Waals surface area contributed by atoms with Gasteiger partial charge in [0.1, 0.15) is 6.10 Å². The van der Waals surface area contributed by atoms with Crippen molar-refractivity contribution < 1.29 is 14.3 Å². The van der Waals surface area contributed by atoms with Crippen LogP contribution in [-0.4, -0.2) is 41.6 Å². The van der Waals surface area contributed by atoms with Gasteiger partial charge in [-0.3, -0.25) is 9.78 Å². The molecule has 1 aromatic heterocycles. The molecule has 22 heavy (non-hydrogen) atoms. The van der Waals surface area contributed by atoms with Crippen molar-refractivity contribution >= 4 is 28.6 Å². The molecular formula is C16H17N3O3. The number of benzene rings is 1. The zero-order chi connectivity index (χ0) is 15.5. The van der Waals surface area contributed by atoms with Gasteiger partial charge >= 0.3 is 6.09 Å². The first-order valence-corrected chi connectivity index (χ1v) is 7.19. The Labute approximate surface area is 128 Å². The van der Waals surface area contributed by atoms with Crippen molar-refractivity contribution in [2.24, 2.45) is 0 Å². The summed E-state index contributed by atoms with van der Waals surface area (Å²) < 4.78 is 5.14. The highest BCUT2D eigenvalue weighted by atomic mass is 16.6. The van der Waals surface area contributed by atoms with Crippen molar-refractivity contribution in [1.82, 2.24) is 9.88 Å². The van der Waals surface area contributed by atoms with Gasteiger partial charge in [0.15, 0.2) is 0 Å². The zero-order valence-corrected chi connectivity index (χ0v) is 12.3. The van der Waals surface area contributed by atoms with Gasteiger partial charge in [0.2, 0.25) is 5.91 Å². The first-order chi connectivity index (χ1) is 10.6. The molecule has 0 saturated carbocycles. The summed E-state index contributed by atoms with van der Waals surface area (Å²) >= 11 is 0. The van der Waals surface area contributed by atoms with E-state index in [0.29, 0.717) is 25.1 Å². The van der Waals surface area contributed by atoms with Gasteiger partial charge in [0.25, 0.3) is 0 Å². The lowest BCUT2D eigenvalue weighted by Crippen LogP contribution is -2.20. The Balaban J connectivity index is 1.61. The highest BCUT2D eigenvalue weighted by Crippen LogP contribution is 2.21. The monoisotopic (exact) mass is 299 g/mol. The van der Waals surface area contributed by atoms with E-state index in [9.17, 15) is 9.59 Å². The quantitative estimate of drug-likeness (QED) is 0.941. The number of aromatic nitrogens is 1. The first kappa shape index (κ1) is 14.3. The number of hydrogen-bond acceptors (Lipinski definition) is 4. The van der Waals surface area contributed by atoms with E-state index in [-0.39, 0.29) is 18.1 Å². The van der Waals surface area contributed by atoms with E-state index < -0.39 is 0 Å². The van der Waals surface area contributed by atoms with Crippen LogP contribution in [0, 0.1) is 0 Å². The fourth-order valence-corrected chi connectivity index (χ4v) is 2.51. The minimum atomic E-state index is -0.330. The predicted molar refractivity (Wildman–Crippen MR) is 82.5 cm³/mol. The molecule has 2 amide bonds. The van der Waals surface area contributed by atoms with Crippen molar-refractivity contribution in [3.63, 3.8) is 0 Å². The van der Waals surface area contributed by atoms with Crippen molar-refractivity contribution in [1.29, 1.82) is 0 Å². The maximum atomic E-state index is 12.1. The van der Waals surface area contributed by atoms with Crippen LogP contribution in [-0.2, 0) is 9.53 Å². The van der Waals surface area contributed by atoms with Crippen molar-refractivity contribution in [3.05, 3.63) is 36.5 Å². The molecule has 2 heterocycles. The Morgan fingerprint density at radius 3 is 3.00 bits per heavy atom. The minimum Gasteiger partial charge on any atom is -0.444 e. The largest absolute Gasteiger partial charge is 0.444 e. The normalized spacial score (nSPS) is 17.6. The maximum absolute atomic E-state index is 12.1. The number of likely N-dealkylation sites (N-methyl/N-ethyl adjacent to an activating group) is 1. The Morgan fingerprint density at radius 1 is 1.41 bits per heavy atom. The van der Waals surface area contributed by atoms with Crippen LogP contribution in [0.1, 0.15) is 12.8 Å². The van der Waals surface area contributed by atoms with E-state index in [1.807, 2.05) is 30.3 Å². The van der Waals surface area contributed by atoms with Crippen LogP contribution in [0.2, 0.25) is 0 Å². The number of nitrogens with zero attached hydrogens (tertiary/aromatic N) is 2. The second-order valence-corrected chi connectivity index (χ2v) is 5.35. The van der Waals surface area contributed by atoms with Crippen LogP contribution in [0.15, 0.2) is 36.5 Å². The molecule has 1 aromatic carbocycles. The number of carbonyl (C=O) groups is 2. The van der Waals surface area contributed by atoms with Crippen LogP contribution in [0.5, 0.6) is 0 Å². The number of cyclic esters (lactones) is 1. The fraction of sp³-hybridized carbons (Fsp3) is 0.312. The van der Waals surface area contributed by atoms with Gasteiger partial charge in [0.05, 0.1) is 17.7 Å². The summed E-state index contributed by atoms with van der Waals surface area (Å²) in [5.41, 5.74) is 1.47. The Morgan fingerprint density at radius 2 is 2.23 bits per heavy atom. The molecular weight excluding hydrogens is 282 g/mol. The molecule has 114 valence electrons. The average molecular weight is 299 g/mol. The van der Waals surface area contributed by atoms with Gasteiger partial charge < -0.3 is 15.0 Å². The van der Waals surface area contributed by atoms with Crippen LogP contribution >= 0.6 is 0 Å². The summed E-state index contributed by atoms with van der Waals surface area (Å²) in [6, 6.07) is 9.47. The summed E-state index contributed by atoms with van der Waals surface area (Å²) in [5, 5.41) is 3.85. The number of amides is 2. The fourth-order valence-electron chi connectivity index (χ4n) is 2.51. The number of fused-ring (bicyclic) bond motifs is 1. The second-order valence-electron chi connectivity index (χ2n) is 5.35. The number of rotatable bonds is 4. The molecule has 1 atom stereocenters. The molecule has 2 aromatic rings. The zero-order valence-electron chi connectivity index (χ0n) is 12.3. The van der Waals surface area contributed by atoms with Gasteiger partial charge in [-0.1, -0.05) is 18.2 Å². The van der Waals surface area contributed by atoms with Crippen molar-refractivity contribution in [3.8, 4) is 0 Å². The lowest BCUT2D eigenvalue weighted by atomic mass is 10.1. The highest BCUT2D eigenvalue weighted by Gasteiger charge is 2.28. The topological polar surface area (TPSA) is 71.5 Å². The summed E-state index contributed by atoms with van der Waals surface area (Å²) in [4.78, 5) is 29.2. The second kappa shape index (κ2) is 6.01. The molecule has 1 unspecified atom stereocenters. The number of carbonyl (C=O) groups excluding carboxylic acids is 2. The number of nitrogens with one attached hydrogen (secondary N) is 1. The third-order valence-electron chi connectivity index (χ3n) is 3.66. The lowest BCUT2D eigenvalue weighted by Gasteiger charge is -2.10. The van der Waals surface area contributed by atoms with Crippen LogP contribution < -0.4 is 5.32 Å². The maximum Gasteiger partial charge on any atom is 0.409 e. The molecule has 1 saturated heterocycles. The molecule has 1 aliphatic rings. The summed E-state index contributed by atoms with van der Waals surface area (Å²) in [7, 11) is 1.68. The number of hydrogen-bond donors (Lipinski definition) is 1. The van der Waals surface area contributed by atoms with Crippen LogP contribution in [0.3, 0.4) is 0 Å². The lowest BCUT2D eigenvalue weighted by molar-refractivity contribution is -0.116. The number of anilines is 1. The Kier molecular flexibility index (Phi) is 3.91. The summed E-state index contributed by atoms with van der Waals surface area (Å²) in [6.45, 7) is 0.530. The van der Waals surface area contributed by atoms with Gasteiger partial charge in [0, 0.05) is 25.1 Å². The van der Waals surface area contributed by atoms with Crippen LogP contribution in [0.25, 0.3) is 10.9 Å². The van der Waals surface area contributed by atoms with E-state index in [1.165, 1.54) is 4.90 Å². The van der Waals surface area contributed by atoms with E-state index in [1.54, 1.807) is 13.2 Å². The summed E-state index contributed by atoms with van der Waals surface area (Å²) in [5.74, 6) is -0.108. The molecule has 6 heteroatoms. The molecule has 1 aliphatic heterocycles. The van der Waals surface area contributed by atoms with Crippen molar-refractivity contribution in [2.45, 2.75) is 18.9 Å². The first-order valence-electron chi connectivity index (χ1n) is 7.19. The van der Waals surface area contributed by atoms with Crippen molar-refractivity contribution in [2.75, 3.05) is 18.9 Å². The van der Waals surface area contributed by atoms with Gasteiger partial charge in [-0.15, -0.1) is 0 Å². The molecule has 3 rings (SSSR count). The van der Waals surface area contributed by atoms with Gasteiger partial charge in [-0.2, -0.15) is 0 Å². The average Bonchev–Trinajstić information content (AvgIpc) is 2.84. The summed E-state index contributed by atoms with van der Waals surface area (Å²) in [6.07, 6.45) is 1.97. The van der Waals surface area contributed by atoms with E-state index in [2.05, 4.69) is 10.3 Å². The molecule has 0 bridgehead atoms. The number of ether oxygens (including phenoxy) is 1. The highest BCUT2D eigenvalue weighted by molar-refractivity contribution is 6.00. The third kappa shape index (κ3) is 3.00.